The summed E-state index contributed by atoms with van der Waals surface area (Å²) in [5, 5.41) is 15.0. The van der Waals surface area contributed by atoms with Gasteiger partial charge in [-0.1, -0.05) is 0 Å². The molecule has 3 aliphatic rings. The number of hydrogen-bond donors (Lipinski definition) is 1. The van der Waals surface area contributed by atoms with E-state index in [9.17, 15) is 10.1 Å². The molecule has 12 nitrogen and oxygen atoms in total. The van der Waals surface area contributed by atoms with Crippen LogP contribution in [-0.4, -0.2) is 70.4 Å². The molecule has 6 aromatic rings. The predicted octanol–water partition coefficient (Wildman–Crippen LogP) is 4.53. The number of fused-ring (bicyclic) bond motifs is 4. The fourth-order valence-electron chi connectivity index (χ4n) is 7.70. The second-order valence-corrected chi connectivity index (χ2v) is 13.3. The first-order chi connectivity index (χ1) is 23.5. The number of methoxy groups -OCH3 is 1. The molecule has 0 radical (unpaired) electrons. The topological polar surface area (TPSA) is 146 Å². The van der Waals surface area contributed by atoms with Crippen molar-refractivity contribution in [1.82, 2.24) is 38.8 Å². The van der Waals surface area contributed by atoms with Gasteiger partial charge in [-0.2, -0.15) is 10.4 Å². The largest absolute Gasteiger partial charge is 0.494 e. The molecule has 3 atom stereocenters. The number of carbonyl (C=O) groups is 1. The maximum atomic E-state index is 14.0. The second-order valence-electron chi connectivity index (χ2n) is 13.3. The van der Waals surface area contributed by atoms with Crippen LogP contribution in [0.3, 0.4) is 0 Å². The summed E-state index contributed by atoms with van der Waals surface area (Å²) in [6, 6.07) is 13.9. The Bertz CT molecular complexity index is 2270. The summed E-state index contributed by atoms with van der Waals surface area (Å²) >= 11 is 0. The lowest BCUT2D eigenvalue weighted by atomic mass is 10.1. The van der Waals surface area contributed by atoms with Crippen LogP contribution in [0.2, 0.25) is 0 Å². The summed E-state index contributed by atoms with van der Waals surface area (Å²) in [6.45, 7) is 1.98. The van der Waals surface area contributed by atoms with Crippen molar-refractivity contribution in [2.75, 3.05) is 13.7 Å². The molecule has 3 fully saturated rings. The zero-order chi connectivity index (χ0) is 32.5. The lowest BCUT2D eigenvalue weighted by Gasteiger charge is -2.27. The third-order valence-corrected chi connectivity index (χ3v) is 10.3. The third-order valence-electron chi connectivity index (χ3n) is 10.3. The molecule has 2 N–H and O–H groups in total. The summed E-state index contributed by atoms with van der Waals surface area (Å²) in [6.07, 6.45) is 13.2. The van der Waals surface area contributed by atoms with Crippen LogP contribution in [0.1, 0.15) is 47.2 Å². The first kappa shape index (κ1) is 28.7. The molecule has 48 heavy (non-hydrogen) atoms. The van der Waals surface area contributed by atoms with E-state index in [0.29, 0.717) is 53.0 Å². The number of likely N-dealkylation sites (tertiary alicyclic amines) is 1. The van der Waals surface area contributed by atoms with Crippen LogP contribution in [0.4, 0.5) is 0 Å². The summed E-state index contributed by atoms with van der Waals surface area (Å²) in [7, 11) is 1.63. The minimum absolute atomic E-state index is 0.0320. The Kier molecular flexibility index (Phi) is 6.58. The van der Waals surface area contributed by atoms with E-state index in [1.807, 2.05) is 41.7 Å². The number of hydrogen-bond acceptors (Lipinski definition) is 8. The molecule has 1 saturated heterocycles. The lowest BCUT2D eigenvalue weighted by Crippen LogP contribution is -2.41. The molecule has 12 heteroatoms. The average Bonchev–Trinajstić information content (AvgIpc) is 3.43. The minimum atomic E-state index is -0.0320. The van der Waals surface area contributed by atoms with Crippen molar-refractivity contribution < 1.29 is 9.53 Å². The van der Waals surface area contributed by atoms with Gasteiger partial charge >= 0.3 is 0 Å². The van der Waals surface area contributed by atoms with Gasteiger partial charge in [0.1, 0.15) is 23.0 Å². The quantitative estimate of drug-likeness (QED) is 0.256. The number of aromatic nitrogens is 7. The van der Waals surface area contributed by atoms with Crippen molar-refractivity contribution in [3.8, 4) is 29.0 Å². The zero-order valence-electron chi connectivity index (χ0n) is 26.5. The molecular formula is C36H34N10O2. The number of rotatable bonds is 8. The van der Waals surface area contributed by atoms with E-state index < -0.39 is 0 Å². The first-order valence-corrected chi connectivity index (χ1v) is 16.5. The molecule has 0 spiro atoms. The fourth-order valence-corrected chi connectivity index (χ4v) is 7.70. The monoisotopic (exact) mass is 638 g/mol. The molecule has 1 aromatic carbocycles. The third kappa shape index (κ3) is 4.65. The normalized spacial score (nSPS) is 20.2. The first-order valence-electron chi connectivity index (χ1n) is 16.5. The number of ether oxygens (including phenoxy) is 1. The molecule has 5 aromatic heterocycles. The van der Waals surface area contributed by atoms with Gasteiger partial charge in [0.05, 0.1) is 48.5 Å². The number of benzene rings is 1. The number of amides is 1. The van der Waals surface area contributed by atoms with Crippen LogP contribution in [0.25, 0.3) is 39.3 Å². The van der Waals surface area contributed by atoms with Gasteiger partial charge in [-0.25, -0.2) is 14.6 Å². The van der Waals surface area contributed by atoms with Crippen molar-refractivity contribution in [3.63, 3.8) is 0 Å². The van der Waals surface area contributed by atoms with Crippen molar-refractivity contribution >= 4 is 28.0 Å². The molecule has 1 amide bonds. The fraction of sp³-hybridized carbons (Fsp3) is 0.333. The van der Waals surface area contributed by atoms with Gasteiger partial charge in [-0.15, -0.1) is 0 Å². The van der Waals surface area contributed by atoms with Gasteiger partial charge in [0.15, 0.2) is 5.82 Å². The average molecular weight is 639 g/mol. The highest BCUT2D eigenvalue weighted by atomic mass is 16.5. The number of nitrogens with zero attached hydrogens (tertiary/aromatic N) is 9. The van der Waals surface area contributed by atoms with Crippen LogP contribution < -0.4 is 10.5 Å². The van der Waals surface area contributed by atoms with E-state index in [-0.39, 0.29) is 18.0 Å². The van der Waals surface area contributed by atoms with E-state index in [2.05, 4.69) is 37.4 Å². The molecule has 6 heterocycles. The predicted molar refractivity (Wildman–Crippen MR) is 178 cm³/mol. The molecule has 2 saturated carbocycles. The lowest BCUT2D eigenvalue weighted by molar-refractivity contribution is 0.0700. The molecule has 2 aliphatic carbocycles. The second kappa shape index (κ2) is 11.0. The van der Waals surface area contributed by atoms with Crippen molar-refractivity contribution in [3.05, 3.63) is 84.1 Å². The highest BCUT2D eigenvalue weighted by Gasteiger charge is 2.47. The van der Waals surface area contributed by atoms with Crippen LogP contribution in [0.15, 0.2) is 67.4 Å². The molecule has 2 unspecified atom stereocenters. The van der Waals surface area contributed by atoms with Crippen LogP contribution in [0, 0.1) is 23.2 Å². The van der Waals surface area contributed by atoms with E-state index >= 15 is 0 Å². The van der Waals surface area contributed by atoms with Gasteiger partial charge in [-0.05, 0) is 73.9 Å². The summed E-state index contributed by atoms with van der Waals surface area (Å²) in [5.41, 5.74) is 12.5. The number of piperidine rings is 1. The zero-order valence-corrected chi connectivity index (χ0v) is 26.5. The van der Waals surface area contributed by atoms with Crippen LogP contribution >= 0.6 is 0 Å². The molecular weight excluding hydrogens is 604 g/mol. The number of nitrogens with two attached hydrogens (primary N) is 1. The van der Waals surface area contributed by atoms with E-state index in [1.165, 1.54) is 19.0 Å². The Labute approximate surface area is 276 Å². The Morgan fingerprint density at radius 3 is 2.77 bits per heavy atom. The van der Waals surface area contributed by atoms with Gasteiger partial charge in [0.25, 0.3) is 5.91 Å². The van der Waals surface area contributed by atoms with Gasteiger partial charge < -0.3 is 24.5 Å². The highest BCUT2D eigenvalue weighted by Crippen LogP contribution is 2.40. The van der Waals surface area contributed by atoms with Crippen molar-refractivity contribution in [1.29, 1.82) is 5.26 Å². The highest BCUT2D eigenvalue weighted by molar-refractivity contribution is 6.00. The van der Waals surface area contributed by atoms with Crippen molar-refractivity contribution in [2.45, 2.75) is 50.9 Å². The number of carbonyl (C=O) groups excluding carboxylic acids is 1. The molecule has 1 aliphatic heterocycles. The molecule has 240 valence electrons. The van der Waals surface area contributed by atoms with E-state index in [1.54, 1.807) is 24.1 Å². The standard InChI is InChI=1S/C36H34N10O2/c1-48-31-12-26(36(47)44-20-25-6-7-29(44)32(25)38)10-28-33(31)45(18-23-15-41-46(19-23)27-9-22(13-37)14-39-16-27)35(42-28)30-11-24-3-2-8-40-34(24)43(30)17-21-4-5-21/h2-3,8-12,14-16,19,21,25,29,32H,4-7,17-18,20,38H2,1H3/t25?,29?,32-/m1/s1. The van der Waals surface area contributed by atoms with Gasteiger partial charge in [-0.3, -0.25) is 9.78 Å². The Morgan fingerprint density at radius 2 is 2.00 bits per heavy atom. The Balaban J connectivity index is 1.19. The van der Waals surface area contributed by atoms with E-state index in [0.717, 1.165) is 53.0 Å². The summed E-state index contributed by atoms with van der Waals surface area (Å²) in [4.78, 5) is 30.1. The van der Waals surface area contributed by atoms with Crippen LogP contribution in [-0.2, 0) is 13.1 Å². The molecule has 9 rings (SSSR count). The SMILES string of the molecule is COc1cc(C(=O)N2CC3CCC2[C@@H]3N)cc2nc(-c3cc4cccnc4n3CC3CC3)n(Cc3cnn(-c4cncc(C#N)c4)c3)c12. The maximum Gasteiger partial charge on any atom is 0.254 e. The van der Waals surface area contributed by atoms with Gasteiger partial charge in [0, 0.05) is 60.3 Å². The minimum Gasteiger partial charge on any atom is -0.494 e. The van der Waals surface area contributed by atoms with Crippen molar-refractivity contribution in [2.24, 2.45) is 17.6 Å². The van der Waals surface area contributed by atoms with Gasteiger partial charge in [0.2, 0.25) is 0 Å². The number of nitriles is 1. The number of imidazole rings is 1. The molecule has 2 bridgehead atoms. The van der Waals surface area contributed by atoms with Crippen LogP contribution in [0.5, 0.6) is 5.75 Å². The Morgan fingerprint density at radius 1 is 1.10 bits per heavy atom. The smallest absolute Gasteiger partial charge is 0.254 e. The summed E-state index contributed by atoms with van der Waals surface area (Å²) in [5.74, 6) is 2.27. The summed E-state index contributed by atoms with van der Waals surface area (Å²) < 4.78 is 12.2. The maximum absolute atomic E-state index is 14.0. The number of pyridine rings is 2. The Hall–Kier alpha value is -5.54. The van der Waals surface area contributed by atoms with E-state index in [4.69, 9.17) is 20.4 Å².